The van der Waals surface area contributed by atoms with Gasteiger partial charge in [-0.25, -0.2) is 4.79 Å². The Labute approximate surface area is 150 Å². The Hall–Kier alpha value is -2.30. The fourth-order valence-electron chi connectivity index (χ4n) is 2.06. The molecule has 25 heavy (non-hydrogen) atoms. The van der Waals surface area contributed by atoms with E-state index in [1.54, 1.807) is 6.08 Å². The van der Waals surface area contributed by atoms with E-state index in [0.717, 1.165) is 30.4 Å². The molecule has 0 saturated heterocycles. The van der Waals surface area contributed by atoms with Crippen LogP contribution in [-0.2, 0) is 20.9 Å². The summed E-state index contributed by atoms with van der Waals surface area (Å²) in [7, 11) is 0. The van der Waals surface area contributed by atoms with Crippen molar-refractivity contribution in [2.45, 2.75) is 58.7 Å². The summed E-state index contributed by atoms with van der Waals surface area (Å²) in [6.07, 6.45) is 4.14. The van der Waals surface area contributed by atoms with E-state index in [1.165, 1.54) is 0 Å². The Balaban J connectivity index is 2.06. The minimum atomic E-state index is -0.486. The molecule has 0 radical (unpaired) electrons. The predicted molar refractivity (Wildman–Crippen MR) is 99.0 cm³/mol. The highest BCUT2D eigenvalue weighted by Crippen LogP contribution is 2.09. The van der Waals surface area contributed by atoms with E-state index in [1.807, 2.05) is 45.0 Å². The summed E-state index contributed by atoms with van der Waals surface area (Å²) >= 11 is 0. The van der Waals surface area contributed by atoms with Gasteiger partial charge in [0.15, 0.2) is 0 Å². The van der Waals surface area contributed by atoms with Crippen LogP contribution in [0.25, 0.3) is 6.08 Å². The largest absolute Gasteiger partial charge is 0.461 e. The number of ether oxygens (including phenoxy) is 2. The van der Waals surface area contributed by atoms with E-state index in [4.69, 9.17) is 9.47 Å². The molecule has 0 aliphatic heterocycles. The minimum Gasteiger partial charge on any atom is -0.461 e. The van der Waals surface area contributed by atoms with Crippen molar-refractivity contribution in [2.24, 2.45) is 0 Å². The zero-order chi connectivity index (χ0) is 18.7. The third-order valence-corrected chi connectivity index (χ3v) is 3.34. The van der Waals surface area contributed by atoms with Crippen molar-refractivity contribution < 1.29 is 19.1 Å². The summed E-state index contributed by atoms with van der Waals surface area (Å²) in [5.41, 5.74) is 1.51. The van der Waals surface area contributed by atoms with Crippen LogP contribution in [0.1, 0.15) is 57.6 Å². The van der Waals surface area contributed by atoms with E-state index in [0.29, 0.717) is 13.0 Å². The number of rotatable bonds is 9. The van der Waals surface area contributed by atoms with Gasteiger partial charge in [-0.3, -0.25) is 4.79 Å². The van der Waals surface area contributed by atoms with Crippen molar-refractivity contribution in [1.29, 1.82) is 0 Å². The first-order valence-electron chi connectivity index (χ1n) is 8.64. The summed E-state index contributed by atoms with van der Waals surface area (Å²) in [4.78, 5) is 23.2. The van der Waals surface area contributed by atoms with Gasteiger partial charge in [-0.1, -0.05) is 43.3 Å². The molecular formula is C20H29NO4. The van der Waals surface area contributed by atoms with E-state index in [-0.39, 0.29) is 12.6 Å². The van der Waals surface area contributed by atoms with Crippen molar-refractivity contribution in [3.05, 3.63) is 42.0 Å². The maximum Gasteiger partial charge on any atom is 0.407 e. The maximum atomic E-state index is 11.7. The van der Waals surface area contributed by atoms with Gasteiger partial charge in [-0.05, 0) is 44.7 Å². The molecule has 5 nitrogen and oxygen atoms in total. The van der Waals surface area contributed by atoms with Crippen LogP contribution >= 0.6 is 0 Å². The molecule has 0 unspecified atom stereocenters. The van der Waals surface area contributed by atoms with Crippen molar-refractivity contribution in [3.63, 3.8) is 0 Å². The van der Waals surface area contributed by atoms with E-state index in [9.17, 15) is 9.59 Å². The smallest absolute Gasteiger partial charge is 0.407 e. The molecule has 1 aromatic rings. The molecule has 0 atom stereocenters. The molecule has 0 spiro atoms. The molecule has 1 N–H and O–H groups in total. The Morgan fingerprint density at radius 3 is 2.40 bits per heavy atom. The Bertz CT molecular complexity index is 558. The zero-order valence-electron chi connectivity index (χ0n) is 15.5. The van der Waals surface area contributed by atoms with Gasteiger partial charge < -0.3 is 14.8 Å². The third kappa shape index (κ3) is 10.2. The van der Waals surface area contributed by atoms with Crippen molar-refractivity contribution in [2.75, 3.05) is 6.54 Å². The lowest BCUT2D eigenvalue weighted by atomic mass is 10.1. The first kappa shape index (κ1) is 20.7. The number of hydrogen-bond donors (Lipinski definition) is 1. The van der Waals surface area contributed by atoms with Crippen molar-refractivity contribution in [1.82, 2.24) is 5.32 Å². The molecule has 1 aromatic carbocycles. The molecule has 0 bridgehead atoms. The van der Waals surface area contributed by atoms with Crippen LogP contribution in [0.5, 0.6) is 0 Å². The van der Waals surface area contributed by atoms with Gasteiger partial charge in [0.25, 0.3) is 0 Å². The second-order valence-electron chi connectivity index (χ2n) is 6.85. The molecule has 5 heteroatoms. The van der Waals surface area contributed by atoms with Crippen LogP contribution in [0.4, 0.5) is 4.79 Å². The van der Waals surface area contributed by atoms with E-state index >= 15 is 0 Å². The fourth-order valence-corrected chi connectivity index (χ4v) is 2.06. The van der Waals surface area contributed by atoms with Gasteiger partial charge in [-0.2, -0.15) is 0 Å². The molecule has 1 amide bonds. The number of carbonyl (C=O) groups excluding carboxylic acids is 2. The van der Waals surface area contributed by atoms with Crippen LogP contribution in [-0.4, -0.2) is 24.2 Å². The Kier molecular flexibility index (Phi) is 8.75. The first-order valence-corrected chi connectivity index (χ1v) is 8.64. The van der Waals surface area contributed by atoms with Gasteiger partial charge >= 0.3 is 12.1 Å². The molecule has 0 saturated carbocycles. The fraction of sp³-hybridized carbons (Fsp3) is 0.500. The van der Waals surface area contributed by atoms with Crippen LogP contribution in [0.2, 0.25) is 0 Å². The number of hydrogen-bond acceptors (Lipinski definition) is 4. The van der Waals surface area contributed by atoms with Crippen molar-refractivity contribution in [3.8, 4) is 0 Å². The summed E-state index contributed by atoms with van der Waals surface area (Å²) in [6.45, 7) is 10.0. The lowest BCUT2D eigenvalue weighted by Crippen LogP contribution is -2.32. The second-order valence-corrected chi connectivity index (χ2v) is 6.85. The first-order chi connectivity index (χ1) is 11.8. The monoisotopic (exact) mass is 347 g/mol. The normalized spacial score (nSPS) is 10.8. The topological polar surface area (TPSA) is 64.6 Å². The highest BCUT2D eigenvalue weighted by molar-refractivity contribution is 5.69. The number of alkyl carbamates (subject to hydrolysis) is 1. The molecule has 0 fully saturated rings. The number of carbonyl (C=O) groups is 2. The van der Waals surface area contributed by atoms with Crippen molar-refractivity contribution >= 4 is 18.1 Å². The number of benzene rings is 1. The number of esters is 1. The molecule has 0 aliphatic carbocycles. The summed E-state index contributed by atoms with van der Waals surface area (Å²) in [5.74, 6) is -0.201. The molecule has 0 aromatic heterocycles. The molecule has 0 heterocycles. The van der Waals surface area contributed by atoms with Crippen LogP contribution < -0.4 is 5.32 Å². The minimum absolute atomic E-state index is 0.201. The summed E-state index contributed by atoms with van der Waals surface area (Å²) in [6, 6.07) is 7.72. The number of nitrogens with one attached hydrogen (secondary N) is 1. The quantitative estimate of drug-likeness (QED) is 0.529. The van der Waals surface area contributed by atoms with Crippen LogP contribution in [0.15, 0.2) is 30.8 Å². The molecule has 0 aliphatic rings. The SMILES string of the molecule is C=Cc1ccc(COC(=O)CCCCCNC(=O)OC(C)(C)C)cc1. The standard InChI is InChI=1S/C20H29NO4/c1-5-16-10-12-17(13-11-16)15-24-18(22)9-7-6-8-14-21-19(23)25-20(2,3)4/h5,10-13H,1,6-9,14-15H2,2-4H3,(H,21,23). The van der Waals surface area contributed by atoms with E-state index < -0.39 is 11.7 Å². The summed E-state index contributed by atoms with van der Waals surface area (Å²) < 4.78 is 10.4. The molecule has 1 rings (SSSR count). The van der Waals surface area contributed by atoms with Gasteiger partial charge in [0.1, 0.15) is 12.2 Å². The van der Waals surface area contributed by atoms with Gasteiger partial charge in [0.2, 0.25) is 0 Å². The van der Waals surface area contributed by atoms with Gasteiger partial charge in [0, 0.05) is 13.0 Å². The number of amides is 1. The third-order valence-electron chi connectivity index (χ3n) is 3.34. The zero-order valence-corrected chi connectivity index (χ0v) is 15.5. The molecule has 138 valence electrons. The average Bonchev–Trinajstić information content (AvgIpc) is 2.55. The number of unbranched alkanes of at least 4 members (excludes halogenated alkanes) is 2. The highest BCUT2D eigenvalue weighted by atomic mass is 16.6. The lowest BCUT2D eigenvalue weighted by molar-refractivity contribution is -0.145. The maximum absolute atomic E-state index is 11.7. The Morgan fingerprint density at radius 2 is 1.80 bits per heavy atom. The van der Waals surface area contributed by atoms with Crippen LogP contribution in [0, 0.1) is 0 Å². The van der Waals surface area contributed by atoms with Gasteiger partial charge in [0.05, 0.1) is 0 Å². The van der Waals surface area contributed by atoms with Gasteiger partial charge in [-0.15, -0.1) is 0 Å². The highest BCUT2D eigenvalue weighted by Gasteiger charge is 2.15. The second kappa shape index (κ2) is 10.5. The lowest BCUT2D eigenvalue weighted by Gasteiger charge is -2.19. The average molecular weight is 347 g/mol. The predicted octanol–water partition coefficient (Wildman–Crippen LogP) is 4.46. The Morgan fingerprint density at radius 1 is 1.12 bits per heavy atom. The van der Waals surface area contributed by atoms with E-state index in [2.05, 4.69) is 11.9 Å². The molecular weight excluding hydrogens is 318 g/mol. The van der Waals surface area contributed by atoms with Crippen LogP contribution in [0.3, 0.4) is 0 Å². The summed E-state index contributed by atoms with van der Waals surface area (Å²) in [5, 5.41) is 2.70.